The molecule has 0 spiro atoms. The van der Waals surface area contributed by atoms with Crippen LogP contribution in [0.25, 0.3) is 33.3 Å². The van der Waals surface area contributed by atoms with E-state index in [2.05, 4.69) is 82.8 Å². The van der Waals surface area contributed by atoms with Crippen LogP contribution < -0.4 is 5.32 Å². The van der Waals surface area contributed by atoms with Gasteiger partial charge in [-0.05, 0) is 91.0 Å². The van der Waals surface area contributed by atoms with E-state index in [0.717, 1.165) is 40.0 Å². The number of aromatic nitrogens is 1. The highest BCUT2D eigenvalue weighted by Crippen LogP contribution is 2.36. The number of carbonyl (C=O) groups is 1. The molecule has 2 N–H and O–H groups in total. The van der Waals surface area contributed by atoms with Gasteiger partial charge in [-0.1, -0.05) is 36.8 Å². The predicted octanol–water partition coefficient (Wildman–Crippen LogP) is 6.04. The number of aromatic amines is 1. The first kappa shape index (κ1) is 20.3. The first-order valence-electron chi connectivity index (χ1n) is 12.0. The van der Waals surface area contributed by atoms with Crippen LogP contribution >= 0.6 is 0 Å². The number of likely N-dealkylation sites (tertiary alicyclic amines) is 1. The van der Waals surface area contributed by atoms with E-state index < -0.39 is 0 Å². The molecule has 3 aromatic carbocycles. The summed E-state index contributed by atoms with van der Waals surface area (Å²) in [6.07, 6.45) is 3.97. The highest BCUT2D eigenvalue weighted by atomic mass is 16.1. The van der Waals surface area contributed by atoms with Gasteiger partial charge in [0, 0.05) is 35.2 Å². The third-order valence-corrected chi connectivity index (χ3v) is 7.17. The average molecular weight is 436 g/mol. The molecule has 2 aliphatic rings. The zero-order valence-corrected chi connectivity index (χ0v) is 19.1. The molecule has 3 heterocycles. The number of benzene rings is 3. The van der Waals surface area contributed by atoms with Crippen LogP contribution in [0.4, 0.5) is 0 Å². The van der Waals surface area contributed by atoms with Crippen molar-refractivity contribution in [2.75, 3.05) is 13.1 Å². The Bertz CT molecular complexity index is 1360. The van der Waals surface area contributed by atoms with E-state index in [1.54, 1.807) is 0 Å². The van der Waals surface area contributed by atoms with Crippen LogP contribution in [-0.4, -0.2) is 28.9 Å². The lowest BCUT2D eigenvalue weighted by molar-refractivity contribution is 0.0966. The van der Waals surface area contributed by atoms with Gasteiger partial charge < -0.3 is 10.3 Å². The Morgan fingerprint density at radius 1 is 0.909 bits per heavy atom. The molecule has 0 radical (unpaired) electrons. The van der Waals surface area contributed by atoms with Crippen molar-refractivity contribution in [1.82, 2.24) is 15.2 Å². The lowest BCUT2D eigenvalue weighted by Crippen LogP contribution is -2.28. The molecule has 4 aromatic rings. The summed E-state index contributed by atoms with van der Waals surface area (Å²) in [6, 6.07) is 21.7. The Morgan fingerprint density at radius 2 is 1.76 bits per heavy atom. The van der Waals surface area contributed by atoms with Crippen molar-refractivity contribution in [3.63, 3.8) is 0 Å². The molecule has 1 fully saturated rings. The third kappa shape index (κ3) is 3.75. The summed E-state index contributed by atoms with van der Waals surface area (Å²) in [5.41, 5.74) is 9.92. The Balaban J connectivity index is 1.42. The normalized spacial score (nSPS) is 16.2. The fourth-order valence-electron chi connectivity index (χ4n) is 5.44. The molecule has 0 unspecified atom stereocenters. The molecular formula is C29H29N3O. The second-order valence-electron chi connectivity index (χ2n) is 9.50. The molecule has 0 saturated carbocycles. The largest absolute Gasteiger partial charge is 0.355 e. The van der Waals surface area contributed by atoms with Gasteiger partial charge in [-0.2, -0.15) is 0 Å². The average Bonchev–Trinajstić information content (AvgIpc) is 3.43. The molecule has 4 nitrogen and oxygen atoms in total. The van der Waals surface area contributed by atoms with Crippen molar-refractivity contribution in [3.05, 3.63) is 82.9 Å². The number of carbonyl (C=O) groups excluding carboxylic acids is 1. The molecule has 2 aliphatic heterocycles. The molecule has 6 rings (SSSR count). The first-order valence-corrected chi connectivity index (χ1v) is 12.0. The standard InChI is InChI=1S/C29H29N3O/c1-19-7-3-4-8-24(19)21-14-23-17-30-29(33)28(23)25(15-21)27-16-22-13-20(9-10-26(22)31-27)18-32-11-5-2-6-12-32/h3-4,7-10,13-16,31H,2,5-6,11-12,17-18H2,1H3,(H,30,33). The van der Waals surface area contributed by atoms with Crippen molar-refractivity contribution in [2.24, 2.45) is 0 Å². The van der Waals surface area contributed by atoms with Crippen LogP contribution in [0.2, 0.25) is 0 Å². The number of hydrogen-bond donors (Lipinski definition) is 2. The number of rotatable bonds is 4. The minimum absolute atomic E-state index is 0.0146. The van der Waals surface area contributed by atoms with Gasteiger partial charge >= 0.3 is 0 Å². The molecule has 1 amide bonds. The topological polar surface area (TPSA) is 48.1 Å². The van der Waals surface area contributed by atoms with Crippen LogP contribution in [0.5, 0.6) is 0 Å². The molecular weight excluding hydrogens is 406 g/mol. The molecule has 4 heteroatoms. The fraction of sp³-hybridized carbons (Fsp3) is 0.276. The number of H-pyrrole nitrogens is 1. The van der Waals surface area contributed by atoms with Gasteiger partial charge in [0.1, 0.15) is 0 Å². The Morgan fingerprint density at radius 3 is 2.61 bits per heavy atom. The summed E-state index contributed by atoms with van der Waals surface area (Å²) in [4.78, 5) is 18.9. The maximum Gasteiger partial charge on any atom is 0.252 e. The maximum atomic E-state index is 12.7. The summed E-state index contributed by atoms with van der Waals surface area (Å²) < 4.78 is 0. The number of piperidine rings is 1. The number of nitrogens with zero attached hydrogens (tertiary/aromatic N) is 1. The van der Waals surface area contributed by atoms with E-state index >= 15 is 0 Å². The lowest BCUT2D eigenvalue weighted by atomic mass is 9.92. The minimum atomic E-state index is 0.0146. The lowest BCUT2D eigenvalue weighted by Gasteiger charge is -2.26. The van der Waals surface area contributed by atoms with E-state index in [0.29, 0.717) is 6.54 Å². The Labute approximate surface area is 194 Å². The summed E-state index contributed by atoms with van der Waals surface area (Å²) in [5.74, 6) is 0.0146. The van der Waals surface area contributed by atoms with Gasteiger partial charge in [0.05, 0.1) is 5.56 Å². The van der Waals surface area contributed by atoms with Gasteiger partial charge in [0.25, 0.3) is 5.91 Å². The highest BCUT2D eigenvalue weighted by Gasteiger charge is 2.25. The third-order valence-electron chi connectivity index (χ3n) is 7.17. The number of hydrogen-bond acceptors (Lipinski definition) is 2. The van der Waals surface area contributed by atoms with Gasteiger partial charge in [-0.15, -0.1) is 0 Å². The van der Waals surface area contributed by atoms with Gasteiger partial charge in [-0.25, -0.2) is 0 Å². The van der Waals surface area contributed by atoms with E-state index in [1.807, 2.05) is 0 Å². The van der Waals surface area contributed by atoms with Crippen molar-refractivity contribution < 1.29 is 4.79 Å². The number of amides is 1. The van der Waals surface area contributed by atoms with E-state index in [4.69, 9.17) is 0 Å². The van der Waals surface area contributed by atoms with Crippen LogP contribution in [0, 0.1) is 6.92 Å². The van der Waals surface area contributed by atoms with Gasteiger partial charge in [0.15, 0.2) is 0 Å². The van der Waals surface area contributed by atoms with Crippen LogP contribution in [0.1, 0.15) is 46.3 Å². The quantitative estimate of drug-likeness (QED) is 0.411. The molecule has 0 bridgehead atoms. The van der Waals surface area contributed by atoms with Crippen molar-refractivity contribution in [2.45, 2.75) is 39.3 Å². The van der Waals surface area contributed by atoms with Crippen molar-refractivity contribution >= 4 is 16.8 Å². The molecule has 33 heavy (non-hydrogen) atoms. The van der Waals surface area contributed by atoms with Crippen LogP contribution in [0.15, 0.2) is 60.7 Å². The van der Waals surface area contributed by atoms with Crippen molar-refractivity contribution in [3.8, 4) is 22.4 Å². The monoisotopic (exact) mass is 435 g/mol. The Hall–Kier alpha value is -3.37. The molecule has 0 aliphatic carbocycles. The van der Waals surface area contributed by atoms with Crippen LogP contribution in [0.3, 0.4) is 0 Å². The second kappa shape index (κ2) is 8.20. The SMILES string of the molecule is Cc1ccccc1-c1cc2c(c(-c3cc4cc(CN5CCCCC5)ccc4[nH]3)c1)C(=O)NC2. The summed E-state index contributed by atoms with van der Waals surface area (Å²) in [5, 5.41) is 4.22. The summed E-state index contributed by atoms with van der Waals surface area (Å²) in [6.45, 7) is 6.13. The minimum Gasteiger partial charge on any atom is -0.355 e. The van der Waals surface area contributed by atoms with Crippen LogP contribution in [-0.2, 0) is 13.1 Å². The first-order chi connectivity index (χ1) is 16.2. The summed E-state index contributed by atoms with van der Waals surface area (Å²) >= 11 is 0. The second-order valence-corrected chi connectivity index (χ2v) is 9.50. The molecule has 166 valence electrons. The smallest absolute Gasteiger partial charge is 0.252 e. The zero-order valence-electron chi connectivity index (χ0n) is 19.1. The van der Waals surface area contributed by atoms with Gasteiger partial charge in [-0.3, -0.25) is 9.69 Å². The predicted molar refractivity (Wildman–Crippen MR) is 134 cm³/mol. The number of fused-ring (bicyclic) bond motifs is 2. The molecule has 1 saturated heterocycles. The molecule has 1 aromatic heterocycles. The van der Waals surface area contributed by atoms with E-state index in [-0.39, 0.29) is 5.91 Å². The zero-order chi connectivity index (χ0) is 22.4. The molecule has 0 atom stereocenters. The number of nitrogens with one attached hydrogen (secondary N) is 2. The van der Waals surface area contributed by atoms with Gasteiger partial charge in [0.2, 0.25) is 0 Å². The fourth-order valence-corrected chi connectivity index (χ4v) is 5.44. The number of aryl methyl sites for hydroxylation is 1. The Kier molecular flexibility index (Phi) is 5.03. The van der Waals surface area contributed by atoms with Crippen molar-refractivity contribution in [1.29, 1.82) is 0 Å². The van der Waals surface area contributed by atoms with E-state index in [9.17, 15) is 4.79 Å². The maximum absolute atomic E-state index is 12.7. The van der Waals surface area contributed by atoms with E-state index in [1.165, 1.54) is 54.4 Å². The highest BCUT2D eigenvalue weighted by molar-refractivity contribution is 6.06. The summed E-state index contributed by atoms with van der Waals surface area (Å²) in [7, 11) is 0.